The highest BCUT2D eigenvalue weighted by atomic mass is 16.4. The fourth-order valence-electron chi connectivity index (χ4n) is 0.932. The quantitative estimate of drug-likeness (QED) is 0.703. The van der Waals surface area contributed by atoms with Crippen LogP contribution in [-0.2, 0) is 11.2 Å². The van der Waals surface area contributed by atoms with Crippen LogP contribution in [0.1, 0.15) is 11.3 Å². The number of aryl methyl sites for hydroxylation is 1. The first kappa shape index (κ1) is 9.67. The predicted octanol–water partition coefficient (Wildman–Crippen LogP) is 0.344. The lowest BCUT2D eigenvalue weighted by Gasteiger charge is -2.04. The van der Waals surface area contributed by atoms with Gasteiger partial charge in [-0.3, -0.25) is 9.78 Å². The summed E-state index contributed by atoms with van der Waals surface area (Å²) < 4.78 is 0. The summed E-state index contributed by atoms with van der Waals surface area (Å²) in [7, 11) is 0. The highest BCUT2D eigenvalue weighted by Crippen LogP contribution is 2.01. The number of nitrogens with zero attached hydrogens (tertiary/aromatic N) is 1. The molecule has 0 saturated carbocycles. The van der Waals surface area contributed by atoms with Crippen molar-refractivity contribution in [1.82, 2.24) is 4.98 Å². The van der Waals surface area contributed by atoms with Gasteiger partial charge in [0.05, 0.1) is 0 Å². The fourth-order valence-corrected chi connectivity index (χ4v) is 0.932. The normalized spacial score (nSPS) is 12.5. The second-order valence-electron chi connectivity index (χ2n) is 2.98. The molecule has 0 aliphatic rings. The van der Waals surface area contributed by atoms with E-state index in [0.29, 0.717) is 5.69 Å². The highest BCUT2D eigenvalue weighted by molar-refractivity contribution is 5.73. The number of aromatic nitrogens is 1. The Kier molecular flexibility index (Phi) is 2.97. The van der Waals surface area contributed by atoms with Crippen molar-refractivity contribution in [2.24, 2.45) is 5.73 Å². The van der Waals surface area contributed by atoms with Gasteiger partial charge in [-0.15, -0.1) is 0 Å². The number of carboxylic acids is 1. The largest absolute Gasteiger partial charge is 0.480 e. The van der Waals surface area contributed by atoms with Crippen LogP contribution in [0.25, 0.3) is 0 Å². The average Bonchev–Trinajstić information content (AvgIpc) is 2.08. The van der Waals surface area contributed by atoms with E-state index < -0.39 is 12.0 Å². The molecule has 1 aromatic heterocycles. The van der Waals surface area contributed by atoms with Gasteiger partial charge in [0.25, 0.3) is 0 Å². The number of carbonyl (C=O) groups is 1. The maximum Gasteiger partial charge on any atom is 0.320 e. The Labute approximate surface area is 76.4 Å². The summed E-state index contributed by atoms with van der Waals surface area (Å²) in [5, 5.41) is 8.55. The molecule has 1 aromatic rings. The summed E-state index contributed by atoms with van der Waals surface area (Å²) in [5.41, 5.74) is 7.10. The predicted molar refractivity (Wildman–Crippen MR) is 48.3 cm³/mol. The van der Waals surface area contributed by atoms with E-state index in [2.05, 4.69) is 4.98 Å². The first-order valence-electron chi connectivity index (χ1n) is 3.99. The van der Waals surface area contributed by atoms with Crippen molar-refractivity contribution in [1.29, 1.82) is 0 Å². The topological polar surface area (TPSA) is 76.2 Å². The van der Waals surface area contributed by atoms with E-state index in [1.807, 2.05) is 13.0 Å². The van der Waals surface area contributed by atoms with Crippen molar-refractivity contribution in [2.75, 3.05) is 0 Å². The van der Waals surface area contributed by atoms with Gasteiger partial charge in [0.1, 0.15) is 6.04 Å². The minimum absolute atomic E-state index is 0.273. The first-order valence-corrected chi connectivity index (χ1v) is 3.99. The van der Waals surface area contributed by atoms with Gasteiger partial charge >= 0.3 is 5.97 Å². The van der Waals surface area contributed by atoms with Crippen molar-refractivity contribution in [3.63, 3.8) is 0 Å². The number of pyridine rings is 1. The molecular formula is C9H12N2O2. The van der Waals surface area contributed by atoms with Gasteiger partial charge < -0.3 is 10.8 Å². The monoisotopic (exact) mass is 180 g/mol. The van der Waals surface area contributed by atoms with Crippen molar-refractivity contribution < 1.29 is 9.90 Å². The van der Waals surface area contributed by atoms with Gasteiger partial charge in [0, 0.05) is 18.3 Å². The van der Waals surface area contributed by atoms with Crippen LogP contribution in [0.4, 0.5) is 0 Å². The third-order valence-corrected chi connectivity index (χ3v) is 1.72. The molecule has 0 radical (unpaired) electrons. The van der Waals surface area contributed by atoms with E-state index in [9.17, 15) is 4.79 Å². The van der Waals surface area contributed by atoms with Crippen LogP contribution in [0, 0.1) is 6.92 Å². The van der Waals surface area contributed by atoms with Crippen LogP contribution in [0.2, 0.25) is 0 Å². The molecule has 0 aliphatic carbocycles. The maximum atomic E-state index is 10.4. The Bertz CT molecular complexity index is 295. The van der Waals surface area contributed by atoms with Crippen LogP contribution in [0.3, 0.4) is 0 Å². The van der Waals surface area contributed by atoms with Gasteiger partial charge in [-0.2, -0.15) is 0 Å². The molecule has 3 N–H and O–H groups in total. The smallest absolute Gasteiger partial charge is 0.320 e. The van der Waals surface area contributed by atoms with Crippen LogP contribution in [-0.4, -0.2) is 22.1 Å². The fraction of sp³-hybridized carbons (Fsp3) is 0.333. The Morgan fingerprint density at radius 3 is 2.85 bits per heavy atom. The van der Waals surface area contributed by atoms with Gasteiger partial charge in [-0.1, -0.05) is 6.07 Å². The molecule has 0 fully saturated rings. The molecule has 0 bridgehead atoms. The first-order chi connectivity index (χ1) is 6.09. The number of hydrogen-bond donors (Lipinski definition) is 2. The minimum atomic E-state index is -0.998. The van der Waals surface area contributed by atoms with Crippen LogP contribution in [0.15, 0.2) is 18.3 Å². The van der Waals surface area contributed by atoms with Crippen molar-refractivity contribution >= 4 is 5.97 Å². The maximum absolute atomic E-state index is 10.4. The lowest BCUT2D eigenvalue weighted by atomic mass is 10.1. The summed E-state index contributed by atoms with van der Waals surface area (Å²) in [6.45, 7) is 1.92. The molecule has 13 heavy (non-hydrogen) atoms. The summed E-state index contributed by atoms with van der Waals surface area (Å²) in [6.07, 6.45) is 1.97. The Morgan fingerprint density at radius 1 is 1.69 bits per heavy atom. The zero-order valence-corrected chi connectivity index (χ0v) is 7.40. The molecular weight excluding hydrogens is 168 g/mol. The number of rotatable bonds is 3. The van der Waals surface area contributed by atoms with Crippen LogP contribution >= 0.6 is 0 Å². The van der Waals surface area contributed by atoms with E-state index >= 15 is 0 Å². The average molecular weight is 180 g/mol. The molecule has 70 valence electrons. The van der Waals surface area contributed by atoms with E-state index in [-0.39, 0.29) is 6.42 Å². The summed E-state index contributed by atoms with van der Waals surface area (Å²) >= 11 is 0. The number of carboxylic acid groups (broad SMARTS) is 1. The zero-order valence-electron chi connectivity index (χ0n) is 7.40. The number of aliphatic carboxylic acids is 1. The zero-order chi connectivity index (χ0) is 9.84. The second-order valence-corrected chi connectivity index (χ2v) is 2.98. The molecule has 1 atom stereocenters. The lowest BCUT2D eigenvalue weighted by Crippen LogP contribution is -2.32. The summed E-state index contributed by atoms with van der Waals surface area (Å²) in [5.74, 6) is -0.998. The molecule has 0 aromatic carbocycles. The Balaban J connectivity index is 2.64. The Morgan fingerprint density at radius 2 is 2.38 bits per heavy atom. The van der Waals surface area contributed by atoms with E-state index in [1.165, 1.54) is 0 Å². The third-order valence-electron chi connectivity index (χ3n) is 1.72. The standard InChI is InChI=1S/C9H12N2O2/c1-6-2-3-7(11-5-6)4-8(10)9(12)13/h2-3,5,8H,4,10H2,1H3,(H,12,13)/t8-/m1/s1. The summed E-state index contributed by atoms with van der Waals surface area (Å²) in [6, 6.07) is 2.81. The van der Waals surface area contributed by atoms with Crippen molar-refractivity contribution in [2.45, 2.75) is 19.4 Å². The molecule has 1 rings (SSSR count). The van der Waals surface area contributed by atoms with Gasteiger partial charge in [0.2, 0.25) is 0 Å². The molecule has 0 saturated heterocycles. The van der Waals surface area contributed by atoms with E-state index in [1.54, 1.807) is 12.3 Å². The molecule has 4 heteroatoms. The molecule has 4 nitrogen and oxygen atoms in total. The van der Waals surface area contributed by atoms with Crippen molar-refractivity contribution in [3.05, 3.63) is 29.6 Å². The van der Waals surface area contributed by atoms with Crippen LogP contribution < -0.4 is 5.73 Å². The van der Waals surface area contributed by atoms with Crippen molar-refractivity contribution in [3.8, 4) is 0 Å². The van der Waals surface area contributed by atoms with Gasteiger partial charge in [-0.25, -0.2) is 0 Å². The Hall–Kier alpha value is -1.42. The van der Waals surface area contributed by atoms with E-state index in [0.717, 1.165) is 5.56 Å². The third kappa shape index (κ3) is 2.83. The van der Waals surface area contributed by atoms with Gasteiger partial charge in [0.15, 0.2) is 0 Å². The lowest BCUT2D eigenvalue weighted by molar-refractivity contribution is -0.138. The van der Waals surface area contributed by atoms with Crippen LogP contribution in [0.5, 0.6) is 0 Å². The van der Waals surface area contributed by atoms with E-state index in [4.69, 9.17) is 10.8 Å². The van der Waals surface area contributed by atoms with Gasteiger partial charge in [-0.05, 0) is 18.6 Å². The molecule has 1 heterocycles. The molecule has 0 unspecified atom stereocenters. The molecule has 0 amide bonds. The summed E-state index contributed by atoms with van der Waals surface area (Å²) in [4.78, 5) is 14.5. The SMILES string of the molecule is Cc1ccc(C[C@@H](N)C(=O)O)nc1. The number of hydrogen-bond acceptors (Lipinski definition) is 3. The minimum Gasteiger partial charge on any atom is -0.480 e. The molecule has 0 aliphatic heterocycles. The molecule has 0 spiro atoms. The second kappa shape index (κ2) is 4.00. The highest BCUT2D eigenvalue weighted by Gasteiger charge is 2.12. The number of nitrogens with two attached hydrogens (primary N) is 1.